The van der Waals surface area contributed by atoms with Crippen LogP contribution in [0, 0.1) is 0 Å². The normalized spacial score (nSPS) is 31.2. The average Bonchev–Trinajstić information content (AvgIpc) is 2.82. The molecule has 23 heavy (non-hydrogen) atoms. The fraction of sp³-hybridized carbons (Fsp3) is 0.579. The highest BCUT2D eigenvalue weighted by Crippen LogP contribution is 2.55. The molecule has 2 heterocycles. The molecule has 1 aliphatic carbocycles. The Balaban J connectivity index is 0.000000753. The lowest BCUT2D eigenvalue weighted by Gasteiger charge is -2.35. The molecule has 0 saturated carbocycles. The van der Waals surface area contributed by atoms with Crippen molar-refractivity contribution in [1.82, 2.24) is 4.90 Å². The summed E-state index contributed by atoms with van der Waals surface area (Å²) in [4.78, 5) is 2.35. The number of nitrogens with zero attached hydrogens (tertiary/aromatic N) is 1. The maximum absolute atomic E-state index is 9.97. The lowest BCUT2D eigenvalue weighted by molar-refractivity contribution is 0.0821. The monoisotopic (exact) mass is 317 g/mol. The Hall–Kier alpha value is -1.52. The zero-order valence-corrected chi connectivity index (χ0v) is 14.5. The summed E-state index contributed by atoms with van der Waals surface area (Å²) in [6.45, 7) is 5.96. The van der Waals surface area contributed by atoms with Gasteiger partial charge in [-0.15, -0.1) is 0 Å². The van der Waals surface area contributed by atoms with Crippen molar-refractivity contribution < 1.29 is 14.6 Å². The molecule has 3 atom stereocenters. The first-order valence-corrected chi connectivity index (χ1v) is 8.57. The summed E-state index contributed by atoms with van der Waals surface area (Å²) < 4.78 is 11.8. The van der Waals surface area contributed by atoms with Crippen molar-refractivity contribution in [3.8, 4) is 11.5 Å². The van der Waals surface area contributed by atoms with Gasteiger partial charge in [0.1, 0.15) is 6.10 Å². The van der Waals surface area contributed by atoms with Crippen LogP contribution in [-0.4, -0.2) is 42.9 Å². The van der Waals surface area contributed by atoms with E-state index in [0.29, 0.717) is 6.42 Å². The largest absolute Gasteiger partial charge is 0.493 e. The Kier molecular flexibility index (Phi) is 4.39. The highest BCUT2D eigenvalue weighted by atomic mass is 16.5. The van der Waals surface area contributed by atoms with Gasteiger partial charge in [0.15, 0.2) is 11.5 Å². The molecule has 0 fully saturated rings. The Labute approximate surface area is 138 Å². The number of aliphatic hydroxyl groups excluding tert-OH is 1. The highest BCUT2D eigenvalue weighted by Gasteiger charge is 2.52. The van der Waals surface area contributed by atoms with Crippen LogP contribution in [0.2, 0.25) is 0 Å². The Bertz CT molecular complexity index is 613. The Morgan fingerprint density at radius 3 is 2.87 bits per heavy atom. The molecule has 0 saturated heterocycles. The van der Waals surface area contributed by atoms with Crippen LogP contribution in [-0.2, 0) is 12.0 Å². The lowest BCUT2D eigenvalue weighted by Crippen LogP contribution is -2.42. The van der Waals surface area contributed by atoms with Gasteiger partial charge >= 0.3 is 0 Å². The van der Waals surface area contributed by atoms with Crippen molar-refractivity contribution in [2.24, 2.45) is 0 Å². The van der Waals surface area contributed by atoms with Gasteiger partial charge in [0.25, 0.3) is 0 Å². The standard InChI is InChI=1S/C17H21NO3.C2H6/c1-18-8-7-17-6-5-12(19)9-14(17)21-16-13(20-2)4-3-11(10-18)15(16)17;1-2/h3-6,12,14,19H,7-10H2,1-2H3;1-2H3/t12-,14-,17-;/m0./s1. The third-order valence-corrected chi connectivity index (χ3v) is 5.15. The SMILES string of the molecule is CC.COc1ccc2c3c1O[C@H]1C[C@@H](O)C=C[C@@]31CCN(C)C2. The number of benzene rings is 1. The van der Waals surface area contributed by atoms with Gasteiger partial charge in [0.2, 0.25) is 0 Å². The molecule has 0 bridgehead atoms. The third kappa shape index (κ3) is 2.45. The number of methoxy groups -OCH3 is 1. The van der Waals surface area contributed by atoms with Gasteiger partial charge in [-0.2, -0.15) is 0 Å². The van der Waals surface area contributed by atoms with E-state index in [1.807, 2.05) is 26.0 Å². The zero-order valence-electron chi connectivity index (χ0n) is 14.5. The van der Waals surface area contributed by atoms with Crippen LogP contribution in [0.25, 0.3) is 0 Å². The number of ether oxygens (including phenoxy) is 2. The van der Waals surface area contributed by atoms with Crippen molar-refractivity contribution >= 4 is 0 Å². The minimum Gasteiger partial charge on any atom is -0.493 e. The van der Waals surface area contributed by atoms with Gasteiger partial charge in [-0.1, -0.05) is 32.1 Å². The molecule has 3 aliphatic rings. The quantitative estimate of drug-likeness (QED) is 0.809. The molecule has 0 radical (unpaired) electrons. The van der Waals surface area contributed by atoms with E-state index in [4.69, 9.17) is 9.47 Å². The van der Waals surface area contributed by atoms with E-state index >= 15 is 0 Å². The number of hydrogen-bond donors (Lipinski definition) is 1. The topological polar surface area (TPSA) is 41.9 Å². The first-order chi connectivity index (χ1) is 11.1. The van der Waals surface area contributed by atoms with Gasteiger partial charge in [-0.3, -0.25) is 0 Å². The summed E-state index contributed by atoms with van der Waals surface area (Å²) in [5.41, 5.74) is 2.48. The summed E-state index contributed by atoms with van der Waals surface area (Å²) in [7, 11) is 3.84. The zero-order chi connectivity index (χ0) is 16.6. The maximum Gasteiger partial charge on any atom is 0.166 e. The van der Waals surface area contributed by atoms with Crippen molar-refractivity contribution in [2.75, 3.05) is 20.7 Å². The summed E-state index contributed by atoms with van der Waals surface area (Å²) >= 11 is 0. The first-order valence-electron chi connectivity index (χ1n) is 8.57. The smallest absolute Gasteiger partial charge is 0.166 e. The van der Waals surface area contributed by atoms with E-state index in [0.717, 1.165) is 31.0 Å². The summed E-state index contributed by atoms with van der Waals surface area (Å²) in [6, 6.07) is 4.16. The molecule has 0 unspecified atom stereocenters. The molecular formula is C19H27NO3. The van der Waals surface area contributed by atoms with Gasteiger partial charge in [-0.05, 0) is 31.6 Å². The van der Waals surface area contributed by atoms with Crippen LogP contribution in [0.15, 0.2) is 24.3 Å². The molecule has 1 aromatic rings. The lowest BCUT2D eigenvalue weighted by atomic mass is 9.69. The summed E-state index contributed by atoms with van der Waals surface area (Å²) in [6.07, 6.45) is 5.38. The second kappa shape index (κ2) is 6.17. The van der Waals surface area contributed by atoms with E-state index in [1.54, 1.807) is 7.11 Å². The molecule has 1 N–H and O–H groups in total. The van der Waals surface area contributed by atoms with Gasteiger partial charge in [0.05, 0.1) is 18.6 Å². The molecule has 1 aromatic carbocycles. The van der Waals surface area contributed by atoms with Crippen LogP contribution in [0.3, 0.4) is 0 Å². The fourth-order valence-corrected chi connectivity index (χ4v) is 4.08. The minimum absolute atomic E-state index is 0.00838. The minimum atomic E-state index is -0.412. The van der Waals surface area contributed by atoms with Crippen LogP contribution < -0.4 is 9.47 Å². The third-order valence-electron chi connectivity index (χ3n) is 5.15. The number of aliphatic hydroxyl groups is 1. The molecule has 4 nitrogen and oxygen atoms in total. The predicted molar refractivity (Wildman–Crippen MR) is 91.2 cm³/mol. The van der Waals surface area contributed by atoms with Gasteiger partial charge in [0, 0.05) is 18.5 Å². The van der Waals surface area contributed by atoms with Crippen LogP contribution in [0.1, 0.15) is 37.8 Å². The van der Waals surface area contributed by atoms with E-state index in [1.165, 1.54) is 11.1 Å². The molecule has 4 rings (SSSR count). The first kappa shape index (κ1) is 16.3. The van der Waals surface area contributed by atoms with E-state index in [2.05, 4.69) is 24.1 Å². The Morgan fingerprint density at radius 2 is 2.13 bits per heavy atom. The van der Waals surface area contributed by atoms with Crippen LogP contribution in [0.4, 0.5) is 0 Å². The second-order valence-corrected chi connectivity index (χ2v) is 6.43. The second-order valence-electron chi connectivity index (χ2n) is 6.43. The molecular weight excluding hydrogens is 290 g/mol. The molecule has 2 aliphatic heterocycles. The van der Waals surface area contributed by atoms with Crippen molar-refractivity contribution in [1.29, 1.82) is 0 Å². The molecule has 126 valence electrons. The highest BCUT2D eigenvalue weighted by molar-refractivity contribution is 5.60. The van der Waals surface area contributed by atoms with E-state index < -0.39 is 6.10 Å². The fourth-order valence-electron chi connectivity index (χ4n) is 4.08. The maximum atomic E-state index is 9.97. The molecule has 0 aromatic heterocycles. The van der Waals surface area contributed by atoms with Crippen molar-refractivity contribution in [3.63, 3.8) is 0 Å². The van der Waals surface area contributed by atoms with Gasteiger partial charge < -0.3 is 19.5 Å². The summed E-state index contributed by atoms with van der Waals surface area (Å²) in [5.74, 6) is 1.68. The Morgan fingerprint density at radius 1 is 1.35 bits per heavy atom. The van der Waals surface area contributed by atoms with E-state index in [-0.39, 0.29) is 11.5 Å². The van der Waals surface area contributed by atoms with Crippen LogP contribution in [0.5, 0.6) is 11.5 Å². The predicted octanol–water partition coefficient (Wildman–Crippen LogP) is 2.88. The van der Waals surface area contributed by atoms with E-state index in [9.17, 15) is 5.11 Å². The van der Waals surface area contributed by atoms with Gasteiger partial charge in [-0.25, -0.2) is 0 Å². The average molecular weight is 317 g/mol. The molecule has 1 spiro atoms. The molecule has 4 heteroatoms. The van der Waals surface area contributed by atoms with Crippen LogP contribution >= 0.6 is 0 Å². The molecule has 0 amide bonds. The summed E-state index contributed by atoms with van der Waals surface area (Å²) in [5, 5.41) is 9.97. The van der Waals surface area contributed by atoms with Crippen molar-refractivity contribution in [3.05, 3.63) is 35.4 Å². The number of hydrogen-bond acceptors (Lipinski definition) is 4. The number of rotatable bonds is 1. The van der Waals surface area contributed by atoms with Crippen molar-refractivity contribution in [2.45, 2.75) is 50.9 Å².